The molecule has 0 bridgehead atoms. The topological polar surface area (TPSA) is 81.7 Å². The highest BCUT2D eigenvalue weighted by molar-refractivity contribution is 9.10. The monoisotopic (exact) mass is 437 g/mol. The third-order valence-electron chi connectivity index (χ3n) is 5.61. The van der Waals surface area contributed by atoms with Crippen LogP contribution in [0.15, 0.2) is 22.7 Å². The number of aliphatic hydroxyl groups is 1. The Labute approximate surface area is 168 Å². The van der Waals surface area contributed by atoms with Gasteiger partial charge in [0.15, 0.2) is 0 Å². The van der Waals surface area contributed by atoms with Gasteiger partial charge in [0.2, 0.25) is 5.91 Å². The van der Waals surface area contributed by atoms with Gasteiger partial charge in [-0.15, -0.1) is 0 Å². The molecule has 0 radical (unpaired) electrons. The third kappa shape index (κ3) is 4.70. The van der Waals surface area contributed by atoms with Crippen LogP contribution in [0.5, 0.6) is 0 Å². The molecular formula is C20H28BrN3O3. The van der Waals surface area contributed by atoms with E-state index in [1.54, 1.807) is 19.2 Å². The van der Waals surface area contributed by atoms with Gasteiger partial charge in [-0.2, -0.15) is 0 Å². The number of hydrogen-bond donors (Lipinski definition) is 3. The normalized spacial score (nSPS) is 25.7. The molecule has 0 unspecified atom stereocenters. The van der Waals surface area contributed by atoms with Crippen molar-refractivity contribution >= 4 is 33.4 Å². The quantitative estimate of drug-likeness (QED) is 0.675. The maximum atomic E-state index is 13.5. The number of anilines is 1. The number of rotatable bonds is 4. The van der Waals surface area contributed by atoms with Gasteiger partial charge in [0.1, 0.15) is 0 Å². The second-order valence-electron chi connectivity index (χ2n) is 7.46. The number of aliphatic hydroxyl groups excluding tert-OH is 1. The van der Waals surface area contributed by atoms with E-state index in [-0.39, 0.29) is 29.9 Å². The minimum absolute atomic E-state index is 0.0408. The molecule has 2 aliphatic rings. The summed E-state index contributed by atoms with van der Waals surface area (Å²) >= 11 is 3.58. The van der Waals surface area contributed by atoms with Crippen LogP contribution in [0.25, 0.3) is 0 Å². The molecule has 27 heavy (non-hydrogen) atoms. The minimum atomic E-state index is -0.282. The first-order valence-corrected chi connectivity index (χ1v) is 10.5. The van der Waals surface area contributed by atoms with Crippen LogP contribution in [-0.2, 0) is 4.79 Å². The van der Waals surface area contributed by atoms with E-state index < -0.39 is 0 Å². The molecule has 1 aliphatic heterocycles. The number of nitrogens with zero attached hydrogens (tertiary/aromatic N) is 1. The van der Waals surface area contributed by atoms with E-state index in [4.69, 9.17) is 0 Å². The van der Waals surface area contributed by atoms with Crippen LogP contribution in [0, 0.1) is 5.92 Å². The third-order valence-corrected chi connectivity index (χ3v) is 6.28. The van der Waals surface area contributed by atoms with E-state index in [1.165, 1.54) is 0 Å². The lowest BCUT2D eigenvalue weighted by atomic mass is 9.89. The minimum Gasteiger partial charge on any atom is -0.393 e. The first-order valence-electron chi connectivity index (χ1n) is 9.74. The number of carbonyl (C=O) groups excluding carboxylic acids is 2. The van der Waals surface area contributed by atoms with Crippen molar-refractivity contribution in [2.24, 2.45) is 5.92 Å². The Bertz CT molecular complexity index is 683. The van der Waals surface area contributed by atoms with E-state index in [1.807, 2.05) is 11.0 Å². The Morgan fingerprint density at radius 1 is 1.22 bits per heavy atom. The molecule has 3 rings (SSSR count). The maximum absolute atomic E-state index is 13.5. The molecule has 7 heteroatoms. The van der Waals surface area contributed by atoms with Crippen molar-refractivity contribution in [3.63, 3.8) is 0 Å². The molecule has 2 amide bonds. The van der Waals surface area contributed by atoms with Crippen LogP contribution in [0.3, 0.4) is 0 Å². The zero-order valence-electron chi connectivity index (χ0n) is 15.7. The predicted molar refractivity (Wildman–Crippen MR) is 109 cm³/mol. The molecule has 1 atom stereocenters. The van der Waals surface area contributed by atoms with E-state index in [9.17, 15) is 14.7 Å². The summed E-state index contributed by atoms with van der Waals surface area (Å²) < 4.78 is 0.804. The zero-order valence-corrected chi connectivity index (χ0v) is 17.3. The van der Waals surface area contributed by atoms with Gasteiger partial charge >= 0.3 is 0 Å². The number of amides is 2. The Morgan fingerprint density at radius 3 is 2.59 bits per heavy atom. The molecule has 1 saturated heterocycles. The molecule has 0 aromatic heterocycles. The average molecular weight is 438 g/mol. The average Bonchev–Trinajstić information content (AvgIpc) is 2.71. The molecule has 0 spiro atoms. The van der Waals surface area contributed by atoms with E-state index in [0.717, 1.165) is 42.4 Å². The summed E-state index contributed by atoms with van der Waals surface area (Å²) in [7, 11) is 1.60. The van der Waals surface area contributed by atoms with Gasteiger partial charge in [0.25, 0.3) is 5.91 Å². The van der Waals surface area contributed by atoms with Crippen LogP contribution in [-0.4, -0.2) is 49.2 Å². The fourth-order valence-corrected chi connectivity index (χ4v) is 4.49. The molecule has 1 heterocycles. The molecule has 2 fully saturated rings. The molecule has 3 N–H and O–H groups in total. The summed E-state index contributed by atoms with van der Waals surface area (Å²) in [5.74, 6) is -0.117. The fraction of sp³-hybridized carbons (Fsp3) is 0.600. The largest absolute Gasteiger partial charge is 0.393 e. The summed E-state index contributed by atoms with van der Waals surface area (Å²) in [4.78, 5) is 27.5. The van der Waals surface area contributed by atoms with Crippen molar-refractivity contribution in [2.75, 3.05) is 25.0 Å². The molecule has 148 valence electrons. The predicted octanol–water partition coefficient (Wildman–Crippen LogP) is 2.44. The molecule has 1 aromatic rings. The summed E-state index contributed by atoms with van der Waals surface area (Å²) in [5, 5.41) is 15.9. The molecule has 1 saturated carbocycles. The van der Waals surface area contributed by atoms with E-state index in [0.29, 0.717) is 24.9 Å². The van der Waals surface area contributed by atoms with Crippen molar-refractivity contribution < 1.29 is 14.7 Å². The van der Waals surface area contributed by atoms with Gasteiger partial charge in [-0.25, -0.2) is 0 Å². The molecule has 1 aromatic carbocycles. The SMILES string of the molecule is CNC(=O)c1ccc(Br)c(N(C(=O)[C@H]2CCCNC2)C2CCC(O)CC2)c1. The Hall–Kier alpha value is -1.44. The number of hydrogen-bond acceptors (Lipinski definition) is 4. The summed E-state index contributed by atoms with van der Waals surface area (Å²) in [6.07, 6.45) is 4.52. The summed E-state index contributed by atoms with van der Waals surface area (Å²) in [5.41, 5.74) is 1.28. The first-order chi connectivity index (χ1) is 13.0. The van der Waals surface area contributed by atoms with Crippen molar-refractivity contribution in [2.45, 2.75) is 50.7 Å². The number of piperidine rings is 1. The van der Waals surface area contributed by atoms with Crippen LogP contribution in [0.4, 0.5) is 5.69 Å². The second kappa shape index (κ2) is 9.17. The zero-order chi connectivity index (χ0) is 19.4. The summed E-state index contributed by atoms with van der Waals surface area (Å²) in [6, 6.07) is 5.42. The molecular weight excluding hydrogens is 410 g/mol. The second-order valence-corrected chi connectivity index (χ2v) is 8.31. The lowest BCUT2D eigenvalue weighted by Crippen LogP contribution is -2.49. The van der Waals surface area contributed by atoms with Gasteiger partial charge < -0.3 is 20.6 Å². The van der Waals surface area contributed by atoms with Crippen molar-refractivity contribution in [1.82, 2.24) is 10.6 Å². The Balaban J connectivity index is 1.96. The summed E-state index contributed by atoms with van der Waals surface area (Å²) in [6.45, 7) is 1.65. The standard InChI is InChI=1S/C20H28BrN3O3/c1-22-19(26)13-4-9-17(21)18(11-13)24(15-5-7-16(25)8-6-15)20(27)14-3-2-10-23-12-14/h4,9,11,14-16,23,25H,2-3,5-8,10,12H2,1H3,(H,22,26)/t14-,15?,16?/m0/s1. The lowest BCUT2D eigenvalue weighted by molar-refractivity contribution is -0.123. The Morgan fingerprint density at radius 2 is 1.96 bits per heavy atom. The van der Waals surface area contributed by atoms with Gasteiger partial charge in [0, 0.05) is 29.7 Å². The number of benzene rings is 1. The fourth-order valence-electron chi connectivity index (χ4n) is 4.05. The number of carbonyl (C=O) groups is 2. The highest BCUT2D eigenvalue weighted by Gasteiger charge is 2.35. The van der Waals surface area contributed by atoms with E-state index >= 15 is 0 Å². The van der Waals surface area contributed by atoms with Crippen LogP contribution in [0.1, 0.15) is 48.9 Å². The van der Waals surface area contributed by atoms with Crippen molar-refractivity contribution in [3.8, 4) is 0 Å². The van der Waals surface area contributed by atoms with E-state index in [2.05, 4.69) is 26.6 Å². The number of halogens is 1. The van der Waals surface area contributed by atoms with Gasteiger partial charge in [-0.1, -0.05) is 0 Å². The van der Waals surface area contributed by atoms with Crippen LogP contribution >= 0.6 is 15.9 Å². The number of nitrogens with one attached hydrogen (secondary N) is 2. The molecule has 1 aliphatic carbocycles. The Kier molecular flexibility index (Phi) is 6.89. The lowest BCUT2D eigenvalue weighted by Gasteiger charge is -2.39. The highest BCUT2D eigenvalue weighted by Crippen LogP contribution is 2.35. The van der Waals surface area contributed by atoms with Gasteiger partial charge in [-0.05, 0) is 79.2 Å². The highest BCUT2D eigenvalue weighted by atomic mass is 79.9. The van der Waals surface area contributed by atoms with Gasteiger partial charge in [-0.3, -0.25) is 9.59 Å². The maximum Gasteiger partial charge on any atom is 0.251 e. The van der Waals surface area contributed by atoms with Crippen LogP contribution < -0.4 is 15.5 Å². The first kappa shape index (κ1) is 20.3. The van der Waals surface area contributed by atoms with Crippen molar-refractivity contribution in [1.29, 1.82) is 0 Å². The van der Waals surface area contributed by atoms with Crippen LogP contribution in [0.2, 0.25) is 0 Å². The van der Waals surface area contributed by atoms with Gasteiger partial charge in [0.05, 0.1) is 17.7 Å². The van der Waals surface area contributed by atoms with Crippen molar-refractivity contribution in [3.05, 3.63) is 28.2 Å². The molecule has 6 nitrogen and oxygen atoms in total. The smallest absolute Gasteiger partial charge is 0.251 e.